The van der Waals surface area contributed by atoms with Gasteiger partial charge in [0, 0.05) is 33.9 Å². The second-order valence-corrected chi connectivity index (χ2v) is 5.46. The van der Waals surface area contributed by atoms with E-state index in [2.05, 4.69) is 5.32 Å². The molecule has 0 atom stereocenters. The van der Waals surface area contributed by atoms with Gasteiger partial charge in [-0.05, 0) is 37.1 Å². The zero-order valence-electron chi connectivity index (χ0n) is 11.4. The molecule has 0 saturated carbocycles. The molecule has 0 radical (unpaired) electrons. The summed E-state index contributed by atoms with van der Waals surface area (Å²) in [5.74, 6) is 0. The Labute approximate surface area is 132 Å². The van der Waals surface area contributed by atoms with Crippen molar-refractivity contribution < 1.29 is 4.92 Å². The largest absolute Gasteiger partial charge is 0.384 e. The van der Waals surface area contributed by atoms with Crippen LogP contribution < -0.4 is 5.32 Å². The summed E-state index contributed by atoms with van der Waals surface area (Å²) in [6.45, 7) is 2.36. The predicted molar refractivity (Wildman–Crippen MR) is 86.5 cm³/mol. The van der Waals surface area contributed by atoms with E-state index in [0.29, 0.717) is 28.6 Å². The third-order valence-corrected chi connectivity index (χ3v) is 3.81. The summed E-state index contributed by atoms with van der Waals surface area (Å²) in [4.78, 5) is 10.5. The molecule has 0 unspecified atom stereocenters. The van der Waals surface area contributed by atoms with E-state index < -0.39 is 0 Å². The van der Waals surface area contributed by atoms with Crippen molar-refractivity contribution in [3.05, 3.63) is 67.7 Å². The third kappa shape index (κ3) is 3.86. The van der Waals surface area contributed by atoms with Crippen molar-refractivity contribution in [3.8, 4) is 0 Å². The van der Waals surface area contributed by atoms with Crippen LogP contribution in [-0.2, 0) is 6.42 Å². The Morgan fingerprint density at radius 3 is 2.67 bits per heavy atom. The summed E-state index contributed by atoms with van der Waals surface area (Å²) in [6, 6.07) is 10.4. The first-order chi connectivity index (χ1) is 9.99. The van der Waals surface area contributed by atoms with E-state index in [1.54, 1.807) is 25.1 Å². The SMILES string of the molecule is Cc1c(NCCc2ccc(Cl)cc2Cl)cccc1[N+](=O)[O-]. The Balaban J connectivity index is 2.04. The van der Waals surface area contributed by atoms with Crippen LogP contribution >= 0.6 is 23.2 Å². The maximum Gasteiger partial charge on any atom is 0.274 e. The highest BCUT2D eigenvalue weighted by Crippen LogP contribution is 2.25. The van der Waals surface area contributed by atoms with Crippen molar-refractivity contribution in [1.82, 2.24) is 0 Å². The number of nitro groups is 1. The van der Waals surface area contributed by atoms with Crippen LogP contribution in [0.25, 0.3) is 0 Å². The van der Waals surface area contributed by atoms with Crippen molar-refractivity contribution in [3.63, 3.8) is 0 Å². The molecular formula is C15H14Cl2N2O2. The van der Waals surface area contributed by atoms with E-state index in [1.165, 1.54) is 6.07 Å². The molecule has 1 N–H and O–H groups in total. The minimum atomic E-state index is -0.378. The fourth-order valence-electron chi connectivity index (χ4n) is 2.07. The van der Waals surface area contributed by atoms with Gasteiger partial charge in [0.05, 0.1) is 4.92 Å². The minimum Gasteiger partial charge on any atom is -0.384 e. The van der Waals surface area contributed by atoms with Gasteiger partial charge in [0.1, 0.15) is 0 Å². The summed E-state index contributed by atoms with van der Waals surface area (Å²) in [7, 11) is 0. The number of hydrogen-bond acceptors (Lipinski definition) is 3. The first-order valence-electron chi connectivity index (χ1n) is 6.41. The summed E-state index contributed by atoms with van der Waals surface area (Å²) in [6.07, 6.45) is 0.706. The van der Waals surface area contributed by atoms with Gasteiger partial charge in [-0.15, -0.1) is 0 Å². The Morgan fingerprint density at radius 1 is 1.24 bits per heavy atom. The number of nitrogens with zero attached hydrogens (tertiary/aromatic N) is 1. The molecule has 0 spiro atoms. The van der Waals surface area contributed by atoms with Crippen molar-refractivity contribution in [1.29, 1.82) is 0 Å². The topological polar surface area (TPSA) is 55.2 Å². The zero-order valence-corrected chi connectivity index (χ0v) is 12.9. The van der Waals surface area contributed by atoms with Crippen molar-refractivity contribution in [2.45, 2.75) is 13.3 Å². The fourth-order valence-corrected chi connectivity index (χ4v) is 2.57. The summed E-state index contributed by atoms with van der Waals surface area (Å²) in [5, 5.41) is 15.3. The molecule has 0 fully saturated rings. The number of nitrogens with one attached hydrogen (secondary N) is 1. The molecule has 110 valence electrons. The third-order valence-electron chi connectivity index (χ3n) is 3.23. The lowest BCUT2D eigenvalue weighted by Crippen LogP contribution is -2.07. The van der Waals surface area contributed by atoms with Crippen LogP contribution in [0.4, 0.5) is 11.4 Å². The molecule has 0 heterocycles. The molecule has 6 heteroatoms. The van der Waals surface area contributed by atoms with E-state index in [0.717, 1.165) is 11.3 Å². The molecule has 2 aromatic carbocycles. The van der Waals surface area contributed by atoms with Gasteiger partial charge in [0.15, 0.2) is 0 Å². The molecule has 0 saturated heterocycles. The van der Waals surface area contributed by atoms with Crippen LogP contribution in [0.3, 0.4) is 0 Å². The normalized spacial score (nSPS) is 10.4. The predicted octanol–water partition coefficient (Wildman–Crippen LogP) is 4.86. The number of halogens is 2. The lowest BCUT2D eigenvalue weighted by Gasteiger charge is -2.10. The minimum absolute atomic E-state index is 0.115. The van der Waals surface area contributed by atoms with Gasteiger partial charge in [-0.1, -0.05) is 35.3 Å². The molecule has 0 aliphatic carbocycles. The molecule has 4 nitrogen and oxygen atoms in total. The number of benzene rings is 2. The quantitative estimate of drug-likeness (QED) is 0.630. The van der Waals surface area contributed by atoms with E-state index in [-0.39, 0.29) is 10.6 Å². The maximum absolute atomic E-state index is 10.9. The second kappa shape index (κ2) is 6.78. The van der Waals surface area contributed by atoms with Crippen LogP contribution in [0.15, 0.2) is 36.4 Å². The smallest absolute Gasteiger partial charge is 0.274 e. The average Bonchev–Trinajstić information content (AvgIpc) is 2.42. The standard InChI is InChI=1S/C15H14Cl2N2O2/c1-10-14(3-2-4-15(10)19(20)21)18-8-7-11-5-6-12(16)9-13(11)17/h2-6,9,18H,7-8H2,1H3. The summed E-state index contributed by atoms with van der Waals surface area (Å²) >= 11 is 12.0. The van der Waals surface area contributed by atoms with Crippen molar-refractivity contribution in [2.75, 3.05) is 11.9 Å². The monoisotopic (exact) mass is 324 g/mol. The lowest BCUT2D eigenvalue weighted by atomic mass is 10.1. The Kier molecular flexibility index (Phi) is 5.04. The van der Waals surface area contributed by atoms with Gasteiger partial charge in [0.25, 0.3) is 5.69 Å². The molecule has 2 aromatic rings. The molecule has 2 rings (SSSR count). The summed E-state index contributed by atoms with van der Waals surface area (Å²) in [5.41, 5.74) is 2.49. The van der Waals surface area contributed by atoms with Crippen LogP contribution in [-0.4, -0.2) is 11.5 Å². The molecule has 21 heavy (non-hydrogen) atoms. The first kappa shape index (κ1) is 15.6. The Morgan fingerprint density at radius 2 is 2.00 bits per heavy atom. The van der Waals surface area contributed by atoms with Gasteiger partial charge < -0.3 is 5.32 Å². The highest BCUT2D eigenvalue weighted by Gasteiger charge is 2.12. The van der Waals surface area contributed by atoms with E-state index in [1.807, 2.05) is 12.1 Å². The van der Waals surface area contributed by atoms with E-state index in [4.69, 9.17) is 23.2 Å². The average molecular weight is 325 g/mol. The maximum atomic E-state index is 10.9. The number of rotatable bonds is 5. The van der Waals surface area contributed by atoms with Crippen LogP contribution in [0.1, 0.15) is 11.1 Å². The highest BCUT2D eigenvalue weighted by atomic mass is 35.5. The number of nitro benzene ring substituents is 1. The van der Waals surface area contributed by atoms with Crippen molar-refractivity contribution in [2.24, 2.45) is 0 Å². The number of anilines is 1. The molecule has 0 amide bonds. The zero-order chi connectivity index (χ0) is 15.4. The lowest BCUT2D eigenvalue weighted by molar-refractivity contribution is -0.385. The number of hydrogen-bond donors (Lipinski definition) is 1. The molecule has 0 bridgehead atoms. The van der Waals surface area contributed by atoms with Crippen LogP contribution in [0, 0.1) is 17.0 Å². The van der Waals surface area contributed by atoms with Gasteiger partial charge >= 0.3 is 0 Å². The molecule has 0 aromatic heterocycles. The van der Waals surface area contributed by atoms with E-state index >= 15 is 0 Å². The van der Waals surface area contributed by atoms with Crippen LogP contribution in [0.5, 0.6) is 0 Å². The second-order valence-electron chi connectivity index (χ2n) is 4.62. The highest BCUT2D eigenvalue weighted by molar-refractivity contribution is 6.35. The van der Waals surface area contributed by atoms with Gasteiger partial charge in [0.2, 0.25) is 0 Å². The van der Waals surface area contributed by atoms with Gasteiger partial charge in [-0.3, -0.25) is 10.1 Å². The molecule has 0 aliphatic rings. The van der Waals surface area contributed by atoms with Crippen molar-refractivity contribution >= 4 is 34.6 Å². The van der Waals surface area contributed by atoms with E-state index in [9.17, 15) is 10.1 Å². The Hall–Kier alpha value is -1.78. The van der Waals surface area contributed by atoms with Gasteiger partial charge in [-0.25, -0.2) is 0 Å². The molecular weight excluding hydrogens is 311 g/mol. The first-order valence-corrected chi connectivity index (χ1v) is 7.16. The fraction of sp³-hybridized carbons (Fsp3) is 0.200. The van der Waals surface area contributed by atoms with Crippen LogP contribution in [0.2, 0.25) is 10.0 Å². The van der Waals surface area contributed by atoms with Gasteiger partial charge in [-0.2, -0.15) is 0 Å². The molecule has 0 aliphatic heterocycles. The summed E-state index contributed by atoms with van der Waals surface area (Å²) < 4.78 is 0. The Bertz CT molecular complexity index is 675.